The quantitative estimate of drug-likeness (QED) is 0.746. The minimum Gasteiger partial charge on any atom is -0.508 e. The van der Waals surface area contributed by atoms with E-state index in [1.54, 1.807) is 0 Å². The molecule has 1 aliphatic rings. The van der Waals surface area contributed by atoms with Crippen molar-refractivity contribution in [3.8, 4) is 11.5 Å². The second-order valence-corrected chi connectivity index (χ2v) is 4.72. The number of nitrogens with one attached hydrogen (secondary N) is 1. The molecule has 0 aromatic heterocycles. The molecular formula is C13H18N2O3. The van der Waals surface area contributed by atoms with Crippen molar-refractivity contribution in [1.82, 2.24) is 10.2 Å². The van der Waals surface area contributed by atoms with Gasteiger partial charge < -0.3 is 20.4 Å². The molecular weight excluding hydrogens is 232 g/mol. The molecule has 5 nitrogen and oxygen atoms in total. The van der Waals surface area contributed by atoms with Crippen LogP contribution in [-0.2, 0) is 0 Å². The number of phenolic OH excluding ortho intramolecular Hbond substituents is 2. The molecule has 5 heteroatoms. The van der Waals surface area contributed by atoms with Crippen molar-refractivity contribution >= 4 is 5.91 Å². The van der Waals surface area contributed by atoms with Crippen LogP contribution in [0.2, 0.25) is 0 Å². The number of likely N-dealkylation sites (tertiary alicyclic amines) is 1. The SMILES string of the molecule is CN1CCCC1CNC(=O)c1cc(O)cc(O)c1. The highest BCUT2D eigenvalue weighted by molar-refractivity contribution is 5.95. The van der Waals surface area contributed by atoms with Crippen LogP contribution in [0.4, 0.5) is 0 Å². The summed E-state index contributed by atoms with van der Waals surface area (Å²) in [5, 5.41) is 21.5. The predicted octanol–water partition coefficient (Wildman–Crippen LogP) is 0.922. The summed E-state index contributed by atoms with van der Waals surface area (Å²) < 4.78 is 0. The number of nitrogens with zero attached hydrogens (tertiary/aromatic N) is 1. The fraction of sp³-hybridized carbons (Fsp3) is 0.462. The number of carbonyl (C=O) groups is 1. The Morgan fingerprint density at radius 3 is 2.61 bits per heavy atom. The Hall–Kier alpha value is -1.75. The highest BCUT2D eigenvalue weighted by Gasteiger charge is 2.21. The number of hydrogen-bond donors (Lipinski definition) is 3. The second-order valence-electron chi connectivity index (χ2n) is 4.72. The van der Waals surface area contributed by atoms with Gasteiger partial charge in [0.2, 0.25) is 0 Å². The third-order valence-electron chi connectivity index (χ3n) is 3.33. The Morgan fingerprint density at radius 2 is 2.06 bits per heavy atom. The van der Waals surface area contributed by atoms with Crippen molar-refractivity contribution in [2.45, 2.75) is 18.9 Å². The Bertz CT molecular complexity index is 428. The standard InChI is InChI=1S/C13H18N2O3/c1-15-4-2-3-10(15)8-14-13(18)9-5-11(16)7-12(17)6-9/h5-7,10,16-17H,2-4,8H2,1H3,(H,14,18). The lowest BCUT2D eigenvalue weighted by atomic mass is 10.1. The summed E-state index contributed by atoms with van der Waals surface area (Å²) in [6.45, 7) is 1.65. The molecule has 1 heterocycles. The molecule has 1 fully saturated rings. The Labute approximate surface area is 106 Å². The largest absolute Gasteiger partial charge is 0.508 e. The van der Waals surface area contributed by atoms with E-state index in [0.717, 1.165) is 19.4 Å². The normalized spacial score (nSPS) is 19.9. The van der Waals surface area contributed by atoms with Crippen molar-refractivity contribution < 1.29 is 15.0 Å². The fourth-order valence-corrected chi connectivity index (χ4v) is 2.28. The number of carbonyl (C=O) groups excluding carboxylic acids is 1. The summed E-state index contributed by atoms with van der Waals surface area (Å²) >= 11 is 0. The maximum Gasteiger partial charge on any atom is 0.251 e. The molecule has 3 N–H and O–H groups in total. The van der Waals surface area contributed by atoms with E-state index in [0.29, 0.717) is 12.6 Å². The van der Waals surface area contributed by atoms with Gasteiger partial charge in [0.15, 0.2) is 0 Å². The predicted molar refractivity (Wildman–Crippen MR) is 67.8 cm³/mol. The van der Waals surface area contributed by atoms with Crippen LogP contribution >= 0.6 is 0 Å². The average molecular weight is 250 g/mol. The topological polar surface area (TPSA) is 72.8 Å². The Kier molecular flexibility index (Phi) is 3.72. The first-order valence-electron chi connectivity index (χ1n) is 6.08. The van der Waals surface area contributed by atoms with E-state index < -0.39 is 0 Å². The van der Waals surface area contributed by atoms with Crippen LogP contribution in [0.3, 0.4) is 0 Å². The zero-order chi connectivity index (χ0) is 13.1. The van der Waals surface area contributed by atoms with Gasteiger partial charge in [0, 0.05) is 24.2 Å². The van der Waals surface area contributed by atoms with E-state index in [2.05, 4.69) is 10.2 Å². The molecule has 98 valence electrons. The van der Waals surface area contributed by atoms with Crippen molar-refractivity contribution in [3.63, 3.8) is 0 Å². The first-order chi connectivity index (χ1) is 8.56. The molecule has 1 saturated heterocycles. The van der Waals surface area contributed by atoms with E-state index in [-0.39, 0.29) is 23.0 Å². The minimum atomic E-state index is -0.276. The smallest absolute Gasteiger partial charge is 0.251 e. The molecule has 1 aromatic rings. The van der Waals surface area contributed by atoms with Crippen LogP contribution < -0.4 is 5.32 Å². The summed E-state index contributed by atoms with van der Waals surface area (Å²) in [7, 11) is 2.05. The van der Waals surface area contributed by atoms with Gasteiger partial charge in [0.05, 0.1) is 0 Å². The maximum absolute atomic E-state index is 11.9. The molecule has 0 spiro atoms. The lowest BCUT2D eigenvalue weighted by Crippen LogP contribution is -2.38. The summed E-state index contributed by atoms with van der Waals surface area (Å²) in [6.07, 6.45) is 2.24. The third kappa shape index (κ3) is 2.92. The zero-order valence-corrected chi connectivity index (χ0v) is 10.4. The first-order valence-corrected chi connectivity index (χ1v) is 6.08. The highest BCUT2D eigenvalue weighted by Crippen LogP contribution is 2.20. The molecule has 1 unspecified atom stereocenters. The second kappa shape index (κ2) is 5.27. The van der Waals surface area contributed by atoms with Gasteiger partial charge in [-0.05, 0) is 38.6 Å². The van der Waals surface area contributed by atoms with Crippen molar-refractivity contribution in [2.75, 3.05) is 20.1 Å². The fourth-order valence-electron chi connectivity index (χ4n) is 2.28. The maximum atomic E-state index is 11.9. The van der Waals surface area contributed by atoms with Crippen LogP contribution in [0.25, 0.3) is 0 Å². The molecule has 1 aliphatic heterocycles. The summed E-state index contributed by atoms with van der Waals surface area (Å²) in [5.41, 5.74) is 0.271. The van der Waals surface area contributed by atoms with Gasteiger partial charge in [0.25, 0.3) is 5.91 Å². The molecule has 0 saturated carbocycles. The first kappa shape index (κ1) is 12.7. The summed E-state index contributed by atoms with van der Waals surface area (Å²) in [5.74, 6) is -0.502. The van der Waals surface area contributed by atoms with E-state index in [9.17, 15) is 15.0 Å². The van der Waals surface area contributed by atoms with Crippen molar-refractivity contribution in [2.24, 2.45) is 0 Å². The van der Waals surface area contributed by atoms with Gasteiger partial charge >= 0.3 is 0 Å². The third-order valence-corrected chi connectivity index (χ3v) is 3.33. The minimum absolute atomic E-state index is 0.113. The molecule has 1 aromatic carbocycles. The van der Waals surface area contributed by atoms with E-state index >= 15 is 0 Å². The molecule has 0 aliphatic carbocycles. The van der Waals surface area contributed by atoms with Gasteiger partial charge in [-0.1, -0.05) is 0 Å². The van der Waals surface area contributed by atoms with Crippen LogP contribution in [0.5, 0.6) is 11.5 Å². The lowest BCUT2D eigenvalue weighted by Gasteiger charge is -2.19. The van der Waals surface area contributed by atoms with Crippen LogP contribution in [0.15, 0.2) is 18.2 Å². The Balaban J connectivity index is 1.95. The number of amides is 1. The molecule has 1 atom stereocenters. The van der Waals surface area contributed by atoms with Gasteiger partial charge in [-0.3, -0.25) is 4.79 Å². The number of phenols is 2. The Morgan fingerprint density at radius 1 is 1.39 bits per heavy atom. The van der Waals surface area contributed by atoms with Crippen LogP contribution in [0.1, 0.15) is 23.2 Å². The van der Waals surface area contributed by atoms with Crippen LogP contribution in [-0.4, -0.2) is 47.2 Å². The number of hydrogen-bond acceptors (Lipinski definition) is 4. The number of benzene rings is 1. The van der Waals surface area contributed by atoms with E-state index in [1.165, 1.54) is 18.2 Å². The summed E-state index contributed by atoms with van der Waals surface area (Å²) in [4.78, 5) is 14.1. The summed E-state index contributed by atoms with van der Waals surface area (Å²) in [6, 6.07) is 4.25. The van der Waals surface area contributed by atoms with E-state index in [1.807, 2.05) is 7.05 Å². The van der Waals surface area contributed by atoms with Gasteiger partial charge in [0.1, 0.15) is 11.5 Å². The van der Waals surface area contributed by atoms with E-state index in [4.69, 9.17) is 0 Å². The number of rotatable bonds is 3. The molecule has 0 radical (unpaired) electrons. The van der Waals surface area contributed by atoms with Crippen molar-refractivity contribution in [3.05, 3.63) is 23.8 Å². The van der Waals surface area contributed by atoms with Crippen molar-refractivity contribution in [1.29, 1.82) is 0 Å². The molecule has 18 heavy (non-hydrogen) atoms. The van der Waals surface area contributed by atoms with Gasteiger partial charge in [-0.25, -0.2) is 0 Å². The van der Waals surface area contributed by atoms with Gasteiger partial charge in [-0.2, -0.15) is 0 Å². The van der Waals surface area contributed by atoms with Gasteiger partial charge in [-0.15, -0.1) is 0 Å². The molecule has 1 amide bonds. The number of aromatic hydroxyl groups is 2. The molecule has 0 bridgehead atoms. The number of likely N-dealkylation sites (N-methyl/N-ethyl adjacent to an activating group) is 1. The monoisotopic (exact) mass is 250 g/mol. The molecule has 2 rings (SSSR count). The average Bonchev–Trinajstić information content (AvgIpc) is 2.70. The highest BCUT2D eigenvalue weighted by atomic mass is 16.3. The lowest BCUT2D eigenvalue weighted by molar-refractivity contribution is 0.0943. The zero-order valence-electron chi connectivity index (χ0n) is 10.4. The van der Waals surface area contributed by atoms with Crippen LogP contribution in [0, 0.1) is 0 Å².